The van der Waals surface area contributed by atoms with Gasteiger partial charge in [0.05, 0.1) is 6.61 Å². The maximum atomic E-state index is 12.0. The summed E-state index contributed by atoms with van der Waals surface area (Å²) in [5.41, 5.74) is 3.86. The number of carboxylic acids is 1. The van der Waals surface area contributed by atoms with E-state index < -0.39 is 24.5 Å². The standard InChI is InChI=1S/C30H37NO6/c1-6-36-15-16-37-25-18-22(17-23-27(25)30(4,5)14-13-29(23,2)3)24(32)12-9-20-7-10-21(11-8-20)28(35)31-19-26(33)34/h7-8,10-11,17-18,24,32H,6,13-16,19H2,1-5H3,(H,31,35)(H,33,34). The van der Waals surface area contributed by atoms with Crippen molar-refractivity contribution in [3.8, 4) is 17.6 Å². The Bertz CT molecular complexity index is 1190. The fourth-order valence-electron chi connectivity index (χ4n) is 4.58. The van der Waals surface area contributed by atoms with Gasteiger partial charge in [-0.05, 0) is 72.1 Å². The number of carboxylic acid groups (broad SMARTS) is 1. The Morgan fingerprint density at radius 1 is 1.05 bits per heavy atom. The van der Waals surface area contributed by atoms with Crippen molar-refractivity contribution in [2.24, 2.45) is 0 Å². The van der Waals surface area contributed by atoms with Crippen LogP contribution in [0, 0.1) is 11.8 Å². The molecule has 0 bridgehead atoms. The number of fused-ring (bicyclic) bond motifs is 1. The molecule has 0 aromatic heterocycles. The topological polar surface area (TPSA) is 105 Å². The van der Waals surface area contributed by atoms with E-state index >= 15 is 0 Å². The number of aliphatic hydroxyl groups is 1. The molecule has 0 aliphatic heterocycles. The van der Waals surface area contributed by atoms with Gasteiger partial charge in [0, 0.05) is 23.3 Å². The van der Waals surface area contributed by atoms with E-state index in [1.165, 1.54) is 11.1 Å². The molecule has 0 saturated heterocycles. The molecule has 0 fully saturated rings. The van der Waals surface area contributed by atoms with Crippen molar-refractivity contribution >= 4 is 11.9 Å². The second-order valence-corrected chi connectivity index (χ2v) is 10.6. The molecule has 1 aliphatic carbocycles. The number of ether oxygens (including phenoxy) is 2. The fourth-order valence-corrected chi connectivity index (χ4v) is 4.58. The van der Waals surface area contributed by atoms with Gasteiger partial charge in [-0.1, -0.05) is 45.6 Å². The zero-order valence-corrected chi connectivity index (χ0v) is 22.3. The van der Waals surface area contributed by atoms with Crippen molar-refractivity contribution in [2.75, 3.05) is 26.4 Å². The van der Waals surface area contributed by atoms with Crippen LogP contribution in [0.15, 0.2) is 36.4 Å². The lowest BCUT2D eigenvalue weighted by Gasteiger charge is -2.43. The van der Waals surface area contributed by atoms with Gasteiger partial charge >= 0.3 is 5.97 Å². The zero-order chi connectivity index (χ0) is 27.2. The number of rotatable bonds is 9. The van der Waals surface area contributed by atoms with Crippen molar-refractivity contribution in [3.05, 3.63) is 64.2 Å². The third-order valence-corrected chi connectivity index (χ3v) is 6.81. The maximum Gasteiger partial charge on any atom is 0.322 e. The van der Waals surface area contributed by atoms with Crippen LogP contribution >= 0.6 is 0 Å². The summed E-state index contributed by atoms with van der Waals surface area (Å²) in [4.78, 5) is 22.6. The molecular weight excluding hydrogens is 470 g/mol. The molecule has 37 heavy (non-hydrogen) atoms. The summed E-state index contributed by atoms with van der Waals surface area (Å²) in [6, 6.07) is 10.4. The molecule has 0 heterocycles. The first-order valence-electron chi connectivity index (χ1n) is 12.6. The summed E-state index contributed by atoms with van der Waals surface area (Å²) in [5, 5.41) is 22.0. The van der Waals surface area contributed by atoms with Gasteiger partial charge < -0.3 is 25.0 Å². The van der Waals surface area contributed by atoms with E-state index in [-0.39, 0.29) is 10.8 Å². The third kappa shape index (κ3) is 7.12. The quantitative estimate of drug-likeness (QED) is 0.344. The summed E-state index contributed by atoms with van der Waals surface area (Å²) in [7, 11) is 0. The number of aliphatic hydroxyl groups excluding tert-OH is 1. The van der Waals surface area contributed by atoms with Gasteiger partial charge in [-0.25, -0.2) is 0 Å². The van der Waals surface area contributed by atoms with Crippen LogP contribution in [0.3, 0.4) is 0 Å². The van der Waals surface area contributed by atoms with Crippen LogP contribution in [-0.4, -0.2) is 48.5 Å². The molecular formula is C30H37NO6. The number of carbonyl (C=O) groups excluding carboxylic acids is 1. The van der Waals surface area contributed by atoms with E-state index in [0.29, 0.717) is 36.5 Å². The van der Waals surface area contributed by atoms with E-state index in [1.54, 1.807) is 24.3 Å². The van der Waals surface area contributed by atoms with Gasteiger partial charge in [0.2, 0.25) is 0 Å². The lowest BCUT2D eigenvalue weighted by Crippen LogP contribution is -2.34. The number of amides is 1. The molecule has 1 atom stereocenters. The Balaban J connectivity index is 1.87. The van der Waals surface area contributed by atoms with Crippen molar-refractivity contribution < 1.29 is 29.3 Å². The van der Waals surface area contributed by atoms with Gasteiger partial charge in [-0.15, -0.1) is 0 Å². The highest BCUT2D eigenvalue weighted by atomic mass is 16.5. The van der Waals surface area contributed by atoms with Crippen LogP contribution < -0.4 is 10.1 Å². The highest BCUT2D eigenvalue weighted by molar-refractivity contribution is 5.95. The number of carbonyl (C=O) groups is 2. The normalized spacial score (nSPS) is 16.1. The van der Waals surface area contributed by atoms with Crippen molar-refractivity contribution in [1.82, 2.24) is 5.32 Å². The molecule has 7 heteroatoms. The molecule has 3 N–H and O–H groups in total. The number of hydrogen-bond acceptors (Lipinski definition) is 5. The summed E-state index contributed by atoms with van der Waals surface area (Å²) < 4.78 is 11.7. The van der Waals surface area contributed by atoms with Gasteiger partial charge in [0.1, 0.15) is 25.0 Å². The lowest BCUT2D eigenvalue weighted by molar-refractivity contribution is -0.135. The largest absolute Gasteiger partial charge is 0.491 e. The van der Waals surface area contributed by atoms with Crippen LogP contribution in [0.4, 0.5) is 0 Å². The Hall–Kier alpha value is -3.34. The maximum absolute atomic E-state index is 12.0. The highest BCUT2D eigenvalue weighted by Crippen LogP contribution is 2.50. The minimum absolute atomic E-state index is 0.0561. The van der Waals surface area contributed by atoms with Gasteiger partial charge in [0.25, 0.3) is 5.91 Å². The first kappa shape index (κ1) is 28.2. The van der Waals surface area contributed by atoms with Crippen LogP contribution in [0.25, 0.3) is 0 Å². The van der Waals surface area contributed by atoms with Crippen molar-refractivity contribution in [2.45, 2.75) is 64.4 Å². The molecule has 1 aliphatic rings. The number of benzene rings is 2. The van der Waals surface area contributed by atoms with Gasteiger partial charge in [-0.2, -0.15) is 0 Å². The van der Waals surface area contributed by atoms with Crippen LogP contribution in [0.2, 0.25) is 0 Å². The molecule has 0 saturated carbocycles. The number of nitrogens with one attached hydrogen (secondary N) is 1. The minimum atomic E-state index is -1.11. The van der Waals surface area contributed by atoms with Gasteiger partial charge in [-0.3, -0.25) is 9.59 Å². The summed E-state index contributed by atoms with van der Waals surface area (Å²) >= 11 is 0. The average molecular weight is 508 g/mol. The Labute approximate surface area is 219 Å². The lowest BCUT2D eigenvalue weighted by atomic mass is 9.62. The zero-order valence-electron chi connectivity index (χ0n) is 22.3. The van der Waals surface area contributed by atoms with E-state index in [1.807, 2.05) is 13.0 Å². The summed E-state index contributed by atoms with van der Waals surface area (Å²) in [6.07, 6.45) is 1.04. The second kappa shape index (κ2) is 11.8. The molecule has 1 amide bonds. The van der Waals surface area contributed by atoms with Gasteiger partial charge in [0.15, 0.2) is 0 Å². The number of aliphatic carboxylic acids is 1. The molecule has 2 aromatic carbocycles. The Morgan fingerprint density at radius 3 is 2.38 bits per heavy atom. The van der Waals surface area contributed by atoms with Crippen molar-refractivity contribution in [3.63, 3.8) is 0 Å². The smallest absolute Gasteiger partial charge is 0.322 e. The average Bonchev–Trinajstić information content (AvgIpc) is 2.86. The van der Waals surface area contributed by atoms with Crippen molar-refractivity contribution in [1.29, 1.82) is 0 Å². The van der Waals surface area contributed by atoms with E-state index in [9.17, 15) is 14.7 Å². The Kier molecular flexibility index (Phi) is 9.01. The Morgan fingerprint density at radius 2 is 1.73 bits per heavy atom. The molecule has 1 unspecified atom stereocenters. The first-order valence-corrected chi connectivity index (χ1v) is 12.6. The predicted octanol–water partition coefficient (Wildman–Crippen LogP) is 4.35. The monoisotopic (exact) mass is 507 g/mol. The molecule has 7 nitrogen and oxygen atoms in total. The molecule has 198 valence electrons. The van der Waals surface area contributed by atoms with E-state index in [2.05, 4.69) is 50.9 Å². The highest BCUT2D eigenvalue weighted by Gasteiger charge is 2.40. The van der Waals surface area contributed by atoms with Crippen LogP contribution in [-0.2, 0) is 20.4 Å². The minimum Gasteiger partial charge on any atom is -0.491 e. The molecule has 0 radical (unpaired) electrons. The number of hydrogen-bond donors (Lipinski definition) is 3. The molecule has 0 spiro atoms. The summed E-state index contributed by atoms with van der Waals surface area (Å²) in [6.45, 7) is 12.0. The molecule has 3 rings (SSSR count). The third-order valence-electron chi connectivity index (χ3n) is 6.81. The first-order chi connectivity index (χ1) is 17.4. The van der Waals surface area contributed by atoms with Crippen LogP contribution in [0.1, 0.15) is 86.2 Å². The SMILES string of the molecule is CCOCCOc1cc(C(O)C#Cc2ccc(C(=O)NCC(=O)O)cc2)cc2c1C(C)(C)CCC2(C)C. The second-order valence-electron chi connectivity index (χ2n) is 10.6. The molecule has 2 aromatic rings. The van der Waals surface area contributed by atoms with Crippen LogP contribution in [0.5, 0.6) is 5.75 Å². The van der Waals surface area contributed by atoms with E-state index in [0.717, 1.165) is 18.6 Å². The van der Waals surface area contributed by atoms with E-state index in [4.69, 9.17) is 14.6 Å². The predicted molar refractivity (Wildman–Crippen MR) is 142 cm³/mol. The summed E-state index contributed by atoms with van der Waals surface area (Å²) in [5.74, 6) is 5.06. The fraction of sp³-hybridized carbons (Fsp3) is 0.467.